The number of carboxylic acid groups (broad SMARTS) is 1. The van der Waals surface area contributed by atoms with Gasteiger partial charge in [0.15, 0.2) is 11.5 Å². The number of carbonyl (C=O) groups is 1. The molecule has 1 atom stereocenters. The highest BCUT2D eigenvalue weighted by atomic mass is 16.5. The Morgan fingerprint density at radius 2 is 2.04 bits per heavy atom. The minimum Gasteiger partial charge on any atom is -0.493 e. The number of hydrogen-bond donors (Lipinski definition) is 1. The summed E-state index contributed by atoms with van der Waals surface area (Å²) in [7, 11) is 1.59. The van der Waals surface area contributed by atoms with E-state index in [4.69, 9.17) is 14.2 Å². The summed E-state index contributed by atoms with van der Waals surface area (Å²) >= 11 is 0. The molecule has 0 bridgehead atoms. The predicted octanol–water partition coefficient (Wildman–Crippen LogP) is 3.54. The average molecular weight is 334 g/mol. The summed E-state index contributed by atoms with van der Waals surface area (Å²) in [6.07, 6.45) is 6.05. The molecule has 24 heavy (non-hydrogen) atoms. The van der Waals surface area contributed by atoms with Crippen LogP contribution >= 0.6 is 0 Å². The Labute approximate surface area is 142 Å². The smallest absolute Gasteiger partial charge is 0.314 e. The molecule has 2 fully saturated rings. The van der Waals surface area contributed by atoms with E-state index in [1.807, 2.05) is 18.2 Å². The molecule has 0 radical (unpaired) electrons. The molecule has 1 saturated heterocycles. The van der Waals surface area contributed by atoms with Gasteiger partial charge in [-0.25, -0.2) is 0 Å². The summed E-state index contributed by atoms with van der Waals surface area (Å²) < 4.78 is 17.2. The van der Waals surface area contributed by atoms with E-state index in [0.29, 0.717) is 30.9 Å². The predicted molar refractivity (Wildman–Crippen MR) is 89.9 cm³/mol. The lowest BCUT2D eigenvalue weighted by Crippen LogP contribution is -2.39. The third-order valence-electron chi connectivity index (χ3n) is 5.23. The Balaban J connectivity index is 2.00. The number of rotatable bonds is 5. The fourth-order valence-electron chi connectivity index (χ4n) is 3.90. The van der Waals surface area contributed by atoms with Crippen LogP contribution in [0.2, 0.25) is 0 Å². The van der Waals surface area contributed by atoms with Gasteiger partial charge in [0.2, 0.25) is 0 Å². The third-order valence-corrected chi connectivity index (χ3v) is 5.23. The molecule has 1 aliphatic carbocycles. The van der Waals surface area contributed by atoms with Gasteiger partial charge < -0.3 is 19.3 Å². The second-order valence-electron chi connectivity index (χ2n) is 6.74. The average Bonchev–Trinajstić information content (AvgIpc) is 2.63. The molecule has 1 aliphatic heterocycles. The fraction of sp³-hybridized carbons (Fsp3) is 0.632. The van der Waals surface area contributed by atoms with Crippen molar-refractivity contribution in [3.8, 4) is 11.5 Å². The first-order valence-electron chi connectivity index (χ1n) is 8.82. The molecular formula is C19H26O5. The molecule has 5 nitrogen and oxygen atoms in total. The van der Waals surface area contributed by atoms with Crippen molar-refractivity contribution in [3.63, 3.8) is 0 Å². The van der Waals surface area contributed by atoms with Crippen molar-refractivity contribution in [3.05, 3.63) is 23.8 Å². The first kappa shape index (κ1) is 17.1. The number of carboxylic acids is 1. The summed E-state index contributed by atoms with van der Waals surface area (Å²) in [6, 6.07) is 5.58. The van der Waals surface area contributed by atoms with E-state index in [1.165, 1.54) is 0 Å². The molecule has 1 heterocycles. The zero-order valence-corrected chi connectivity index (χ0v) is 14.3. The molecule has 0 spiro atoms. The number of benzene rings is 1. The standard InChI is InChI=1S/C19H26O5/c1-22-16-9-5-8-15(17(16)24-14-7-6-12-23-13-14)19(18(20)21)10-3-2-4-11-19/h5,8-9,14H,2-4,6-7,10-13H2,1H3,(H,20,21). The number of methoxy groups -OCH3 is 1. The van der Waals surface area contributed by atoms with Gasteiger partial charge in [-0.2, -0.15) is 0 Å². The third kappa shape index (κ3) is 3.22. The van der Waals surface area contributed by atoms with Crippen LogP contribution in [0, 0.1) is 0 Å². The molecule has 0 amide bonds. The molecule has 1 aromatic carbocycles. The largest absolute Gasteiger partial charge is 0.493 e. The van der Waals surface area contributed by atoms with Crippen LogP contribution in [0.25, 0.3) is 0 Å². The van der Waals surface area contributed by atoms with Crippen molar-refractivity contribution in [2.24, 2.45) is 0 Å². The SMILES string of the molecule is COc1cccc(C2(C(=O)O)CCCCC2)c1OC1CCCOC1. The fourth-order valence-corrected chi connectivity index (χ4v) is 3.90. The van der Waals surface area contributed by atoms with E-state index in [-0.39, 0.29) is 6.10 Å². The summed E-state index contributed by atoms with van der Waals surface area (Å²) in [6.45, 7) is 1.30. The van der Waals surface area contributed by atoms with E-state index >= 15 is 0 Å². The van der Waals surface area contributed by atoms with E-state index in [1.54, 1.807) is 7.11 Å². The van der Waals surface area contributed by atoms with E-state index < -0.39 is 11.4 Å². The van der Waals surface area contributed by atoms with Crippen LogP contribution in [-0.4, -0.2) is 37.5 Å². The van der Waals surface area contributed by atoms with Gasteiger partial charge in [-0.3, -0.25) is 4.79 Å². The van der Waals surface area contributed by atoms with Gasteiger partial charge in [0.05, 0.1) is 19.1 Å². The molecule has 5 heteroatoms. The number of ether oxygens (including phenoxy) is 3. The zero-order valence-electron chi connectivity index (χ0n) is 14.3. The Kier molecular flexibility index (Phi) is 5.29. The van der Waals surface area contributed by atoms with Crippen LogP contribution < -0.4 is 9.47 Å². The lowest BCUT2D eigenvalue weighted by molar-refractivity contribution is -0.145. The van der Waals surface area contributed by atoms with Gasteiger partial charge in [0.25, 0.3) is 0 Å². The first-order chi connectivity index (χ1) is 11.7. The van der Waals surface area contributed by atoms with Gasteiger partial charge in [0.1, 0.15) is 6.10 Å². The number of para-hydroxylation sites is 1. The van der Waals surface area contributed by atoms with Crippen LogP contribution in [0.5, 0.6) is 11.5 Å². The topological polar surface area (TPSA) is 65.0 Å². The monoisotopic (exact) mass is 334 g/mol. The molecule has 1 saturated carbocycles. The minimum absolute atomic E-state index is 0.0526. The Morgan fingerprint density at radius 1 is 1.25 bits per heavy atom. The highest BCUT2D eigenvalue weighted by Crippen LogP contribution is 2.47. The quantitative estimate of drug-likeness (QED) is 0.892. The van der Waals surface area contributed by atoms with Crippen molar-refractivity contribution in [1.29, 1.82) is 0 Å². The maximum atomic E-state index is 12.2. The highest BCUT2D eigenvalue weighted by molar-refractivity contribution is 5.83. The van der Waals surface area contributed by atoms with Crippen LogP contribution in [0.15, 0.2) is 18.2 Å². The maximum Gasteiger partial charge on any atom is 0.314 e. The van der Waals surface area contributed by atoms with Crippen LogP contribution in [0.4, 0.5) is 0 Å². The van der Waals surface area contributed by atoms with Crippen molar-refractivity contribution in [1.82, 2.24) is 0 Å². The summed E-state index contributed by atoms with van der Waals surface area (Å²) in [5.41, 5.74) is -0.128. The second-order valence-corrected chi connectivity index (χ2v) is 6.74. The molecule has 1 unspecified atom stereocenters. The Hall–Kier alpha value is -1.75. The Bertz CT molecular complexity index is 571. The normalized spacial score (nSPS) is 23.5. The number of hydrogen-bond acceptors (Lipinski definition) is 4. The lowest BCUT2D eigenvalue weighted by Gasteiger charge is -2.36. The van der Waals surface area contributed by atoms with Crippen LogP contribution in [0.3, 0.4) is 0 Å². The van der Waals surface area contributed by atoms with Crippen LogP contribution in [-0.2, 0) is 14.9 Å². The molecule has 3 rings (SSSR count). The van der Waals surface area contributed by atoms with E-state index in [9.17, 15) is 9.90 Å². The molecule has 132 valence electrons. The van der Waals surface area contributed by atoms with Crippen molar-refractivity contribution >= 4 is 5.97 Å². The molecule has 1 aromatic rings. The highest BCUT2D eigenvalue weighted by Gasteiger charge is 2.44. The first-order valence-corrected chi connectivity index (χ1v) is 8.82. The van der Waals surface area contributed by atoms with Crippen molar-refractivity contribution in [2.45, 2.75) is 56.5 Å². The van der Waals surface area contributed by atoms with Gasteiger partial charge in [-0.05, 0) is 31.7 Å². The summed E-state index contributed by atoms with van der Waals surface area (Å²) in [5, 5.41) is 10.0. The maximum absolute atomic E-state index is 12.2. The van der Waals surface area contributed by atoms with Crippen molar-refractivity contribution in [2.75, 3.05) is 20.3 Å². The Morgan fingerprint density at radius 3 is 2.67 bits per heavy atom. The minimum atomic E-state index is -0.877. The second kappa shape index (κ2) is 7.43. The number of aliphatic carboxylic acids is 1. The zero-order chi connectivity index (χ0) is 17.0. The van der Waals surface area contributed by atoms with Gasteiger partial charge >= 0.3 is 5.97 Å². The summed E-state index contributed by atoms with van der Waals surface area (Å²) in [5.74, 6) is 0.421. The molecular weight excluding hydrogens is 308 g/mol. The lowest BCUT2D eigenvalue weighted by atomic mass is 9.69. The van der Waals surface area contributed by atoms with Gasteiger partial charge in [0, 0.05) is 12.2 Å². The van der Waals surface area contributed by atoms with Gasteiger partial charge in [-0.1, -0.05) is 31.4 Å². The molecule has 0 aromatic heterocycles. The van der Waals surface area contributed by atoms with Gasteiger partial charge in [-0.15, -0.1) is 0 Å². The van der Waals surface area contributed by atoms with E-state index in [0.717, 1.165) is 44.3 Å². The molecule has 2 aliphatic rings. The van der Waals surface area contributed by atoms with Crippen LogP contribution in [0.1, 0.15) is 50.5 Å². The molecule has 1 N–H and O–H groups in total. The summed E-state index contributed by atoms with van der Waals surface area (Å²) in [4.78, 5) is 12.2. The van der Waals surface area contributed by atoms with Crippen molar-refractivity contribution < 1.29 is 24.1 Å². The van der Waals surface area contributed by atoms with E-state index in [2.05, 4.69) is 0 Å².